The summed E-state index contributed by atoms with van der Waals surface area (Å²) in [5, 5.41) is 145. The molecule has 9 rings (SSSR count). The molecule has 0 amide bonds. The van der Waals surface area contributed by atoms with E-state index in [4.69, 9.17) is 51.6 Å². The second kappa shape index (κ2) is 26.2. The summed E-state index contributed by atoms with van der Waals surface area (Å²) in [6.07, 6.45) is -37.1. The van der Waals surface area contributed by atoms with Gasteiger partial charge in [-0.2, -0.15) is 8.42 Å². The van der Waals surface area contributed by atoms with Gasteiger partial charge in [-0.25, -0.2) is 4.18 Å². The number of Topliss-reactive ketones (excluding diaryl/α,β-unsaturated/α-hetero) is 1. The van der Waals surface area contributed by atoms with Gasteiger partial charge in [0, 0.05) is 12.8 Å². The molecule has 5 heterocycles. The third-order valence-electron chi connectivity index (χ3n) is 20.3. The summed E-state index contributed by atoms with van der Waals surface area (Å²) in [4.78, 5) is 13.2. The summed E-state index contributed by atoms with van der Waals surface area (Å²) in [7, 11) is -4.88. The van der Waals surface area contributed by atoms with Gasteiger partial charge in [-0.1, -0.05) is 39.3 Å². The fraction of sp³-hybridized carbons (Fsp3) is 0.946. The van der Waals surface area contributed by atoms with Crippen molar-refractivity contribution >= 4 is 16.2 Å². The second-order valence-corrected chi connectivity index (χ2v) is 27.7. The van der Waals surface area contributed by atoms with Crippen molar-refractivity contribution < 1.29 is 136 Å². The van der Waals surface area contributed by atoms with E-state index in [1.807, 2.05) is 13.8 Å². The molecule has 0 spiro atoms. The number of carbonyl (C=O) groups excluding carboxylic acids is 1. The van der Waals surface area contributed by atoms with Crippen LogP contribution in [0.4, 0.5) is 0 Å². The molecule has 3 saturated carbocycles. The highest BCUT2D eigenvalue weighted by Gasteiger charge is 2.64. The molecule has 4 aliphatic carbocycles. The van der Waals surface area contributed by atoms with Gasteiger partial charge < -0.3 is 114 Å². The fourth-order valence-corrected chi connectivity index (χ4v) is 16.3. The molecule has 0 radical (unpaired) electrons. The first-order valence-electron chi connectivity index (χ1n) is 29.9. The minimum atomic E-state index is -4.88. The van der Waals surface area contributed by atoms with Gasteiger partial charge in [0.05, 0.1) is 49.3 Å². The van der Waals surface area contributed by atoms with E-state index in [1.54, 1.807) is 6.92 Å². The van der Waals surface area contributed by atoms with Crippen molar-refractivity contribution in [2.75, 3.05) is 13.2 Å². The highest BCUT2D eigenvalue weighted by molar-refractivity contribution is 7.80. The Balaban J connectivity index is 0.982. The first-order valence-corrected chi connectivity index (χ1v) is 31.3. The minimum Gasteiger partial charge on any atom is -0.394 e. The van der Waals surface area contributed by atoms with Crippen LogP contribution in [0.2, 0.25) is 0 Å². The Morgan fingerprint density at radius 2 is 1.20 bits per heavy atom. The van der Waals surface area contributed by atoms with Crippen LogP contribution in [0.5, 0.6) is 0 Å². The lowest BCUT2D eigenvalue weighted by molar-refractivity contribution is -0.398. The van der Waals surface area contributed by atoms with Gasteiger partial charge in [0.2, 0.25) is 0 Å². The monoisotopic (exact) mass is 1240 g/mol. The van der Waals surface area contributed by atoms with E-state index in [-0.39, 0.29) is 48.7 Å². The SMILES string of the molecule is CC(C)CC(=O)CC(C)(O)[C@H]1CCC2C3C[C@H](O[C@@H]4O[C@H](C)[C@@H](O)[C@H](O[C@@H]5OC[C@@H](O[C@@H]6O[C@H](CO)[C@H](O)[C@H](O)[C@H]6O[C@@H]6O[C@H](C)[C@H](O)[C@H](O)[C@H]6O)[C@H](O)[C@H]5O[C@@H]5O[C@H](C)[C@@H](O)[C@H](O)[C@H]5O)[C@H]4O)[C@H]4C[C@@H](OS(=O)(=O)O)CC[C@]4(C)C3=CC[C@@]21C. The standard InChI is InChI=1S/C56H92O28S/c1-21(2)15-25(58)18-56(8,70)34-10-9-28-27-17-31(30-16-26(84-85(71,72)73)11-13-54(30,6)29(27)12-14-55(28,34)7)78-51-45(69)46(37(61)24(5)77-51)81-52-47(82-49-43(67)40(64)35(59)22(3)75-49)39(63)33(20-74-52)80-53-48(42(66)38(62)32(19-57)79-53)83-50-44(68)41(65)36(60)23(4)76-50/h12,21-24,26-28,30-53,57,59-70H,9-11,13-20H2,1-8H3,(H,71,72,73)/t22-,23-,24-,26+,27?,28?,30-,31+,32-,33-,34+,35-,36+,37-,38+,39+,40+,41+,42+,43-,44-,45-,46+,47-,48-,49+,50+,51+,52+,53+,54-,55+,56?/m1/s1. The van der Waals surface area contributed by atoms with Crippen LogP contribution in [-0.2, 0) is 66.7 Å². The zero-order valence-corrected chi connectivity index (χ0v) is 50.0. The molecule has 14 N–H and O–H groups in total. The van der Waals surface area contributed by atoms with Crippen LogP contribution in [0.3, 0.4) is 0 Å². The summed E-state index contributed by atoms with van der Waals surface area (Å²) in [5.74, 6) is -0.799. The van der Waals surface area contributed by atoms with Crippen LogP contribution in [0.1, 0.15) is 113 Å². The molecule has 33 atom stereocenters. The molecule has 28 nitrogen and oxygen atoms in total. The van der Waals surface area contributed by atoms with Gasteiger partial charge in [-0.05, 0) is 113 Å². The second-order valence-electron chi connectivity index (χ2n) is 26.7. The van der Waals surface area contributed by atoms with Crippen molar-refractivity contribution in [1.82, 2.24) is 0 Å². The van der Waals surface area contributed by atoms with E-state index in [1.165, 1.54) is 20.8 Å². The smallest absolute Gasteiger partial charge is 0.394 e. The molecule has 0 aromatic carbocycles. The fourth-order valence-electron chi connectivity index (χ4n) is 15.8. The summed E-state index contributed by atoms with van der Waals surface area (Å²) in [6.45, 7) is 12.6. The summed E-state index contributed by atoms with van der Waals surface area (Å²) < 4.78 is 100. The van der Waals surface area contributed by atoms with Crippen LogP contribution in [-0.4, -0.2) is 264 Å². The highest BCUT2D eigenvalue weighted by Crippen LogP contribution is 2.67. The molecule has 5 saturated heterocycles. The predicted molar refractivity (Wildman–Crippen MR) is 286 cm³/mol. The van der Waals surface area contributed by atoms with Crippen LogP contribution in [0.15, 0.2) is 11.6 Å². The van der Waals surface area contributed by atoms with E-state index in [0.29, 0.717) is 32.1 Å². The number of hydrogen-bond acceptors (Lipinski definition) is 27. The summed E-state index contributed by atoms with van der Waals surface area (Å²) in [5.41, 5.74) is -1.26. The van der Waals surface area contributed by atoms with Crippen LogP contribution in [0.25, 0.3) is 0 Å². The summed E-state index contributed by atoms with van der Waals surface area (Å²) >= 11 is 0. The Morgan fingerprint density at radius 3 is 1.78 bits per heavy atom. The molecule has 0 bridgehead atoms. The Hall–Kier alpha value is -1.64. The Bertz CT molecular complexity index is 2420. The maximum Gasteiger partial charge on any atom is 0.397 e. The maximum absolute atomic E-state index is 13.2. The van der Waals surface area contributed by atoms with Crippen molar-refractivity contribution in [3.05, 3.63) is 11.6 Å². The Kier molecular flexibility index (Phi) is 20.8. The van der Waals surface area contributed by atoms with E-state index < -0.39 is 206 Å². The molecule has 3 unspecified atom stereocenters. The number of aliphatic hydroxyl groups is 13. The average Bonchev–Trinajstić information content (AvgIpc) is 1.71. The number of aliphatic hydroxyl groups excluding tert-OH is 12. The van der Waals surface area contributed by atoms with Crippen LogP contribution in [0, 0.1) is 40.4 Å². The first-order chi connectivity index (χ1) is 39.7. The molecule has 8 fully saturated rings. The Labute approximate surface area is 494 Å². The average molecular weight is 1250 g/mol. The van der Waals surface area contributed by atoms with Crippen molar-refractivity contribution in [2.45, 2.75) is 278 Å². The molecule has 9 aliphatic rings. The van der Waals surface area contributed by atoms with Gasteiger partial charge in [0.15, 0.2) is 31.5 Å². The quantitative estimate of drug-likeness (QED) is 0.0491. The lowest BCUT2D eigenvalue weighted by atomic mass is 9.47. The number of fused-ring (bicyclic) bond motifs is 5. The molecular formula is C56H92O28S. The van der Waals surface area contributed by atoms with Crippen molar-refractivity contribution in [2.24, 2.45) is 40.4 Å². The van der Waals surface area contributed by atoms with Gasteiger partial charge in [0.1, 0.15) is 103 Å². The van der Waals surface area contributed by atoms with Crippen LogP contribution >= 0.6 is 0 Å². The molecule has 0 aromatic heterocycles. The summed E-state index contributed by atoms with van der Waals surface area (Å²) in [6, 6.07) is 0. The number of rotatable bonds is 18. The van der Waals surface area contributed by atoms with E-state index in [9.17, 15) is 84.1 Å². The highest BCUT2D eigenvalue weighted by atomic mass is 32.3. The Morgan fingerprint density at radius 1 is 0.647 bits per heavy atom. The number of carbonyl (C=O) groups is 1. The molecule has 5 aliphatic heterocycles. The number of allylic oxidation sites excluding steroid dienone is 2. The maximum atomic E-state index is 13.2. The van der Waals surface area contributed by atoms with Crippen molar-refractivity contribution in [1.29, 1.82) is 0 Å². The third kappa shape index (κ3) is 13.5. The molecular weight excluding hydrogens is 1150 g/mol. The van der Waals surface area contributed by atoms with Crippen molar-refractivity contribution in [3.63, 3.8) is 0 Å². The molecule has 0 aromatic rings. The molecule has 490 valence electrons. The zero-order valence-electron chi connectivity index (χ0n) is 49.1. The molecule has 85 heavy (non-hydrogen) atoms. The zero-order chi connectivity index (χ0) is 62.3. The van der Waals surface area contributed by atoms with Crippen LogP contribution < -0.4 is 0 Å². The normalized spacial score (nSPS) is 51.3. The lowest BCUT2D eigenvalue weighted by Crippen LogP contribution is -2.67. The largest absolute Gasteiger partial charge is 0.397 e. The van der Waals surface area contributed by atoms with Gasteiger partial charge >= 0.3 is 10.4 Å². The van der Waals surface area contributed by atoms with Crippen molar-refractivity contribution in [3.8, 4) is 0 Å². The topological polar surface area (TPSA) is 436 Å². The van der Waals surface area contributed by atoms with Gasteiger partial charge in [0.25, 0.3) is 0 Å². The van der Waals surface area contributed by atoms with Gasteiger partial charge in [-0.3, -0.25) is 9.35 Å². The number of hydrogen-bond donors (Lipinski definition) is 14. The third-order valence-corrected chi connectivity index (χ3v) is 20.8. The van der Waals surface area contributed by atoms with E-state index >= 15 is 0 Å². The van der Waals surface area contributed by atoms with E-state index in [0.717, 1.165) is 12.0 Å². The minimum absolute atomic E-state index is 0.00462. The first kappa shape index (κ1) is 67.7. The number of ether oxygens (including phenoxy) is 10. The predicted octanol–water partition coefficient (Wildman–Crippen LogP) is -2.68. The lowest BCUT2D eigenvalue weighted by Gasteiger charge is -2.60. The number of ketones is 1. The molecule has 29 heteroatoms. The van der Waals surface area contributed by atoms with Gasteiger partial charge in [-0.15, -0.1) is 0 Å². The van der Waals surface area contributed by atoms with E-state index in [2.05, 4.69) is 19.9 Å².